The van der Waals surface area contributed by atoms with Gasteiger partial charge < -0.3 is 10.7 Å². The van der Waals surface area contributed by atoms with Crippen molar-refractivity contribution in [2.75, 3.05) is 0 Å². The Hall–Kier alpha value is -1.35. The molecule has 0 saturated heterocycles. The number of aromatic amines is 1. The van der Waals surface area contributed by atoms with Crippen molar-refractivity contribution in [3.63, 3.8) is 0 Å². The predicted octanol–water partition coefficient (Wildman–Crippen LogP) is 0.951. The Labute approximate surface area is 70.9 Å². The van der Waals surface area contributed by atoms with E-state index in [1.807, 2.05) is 0 Å². The van der Waals surface area contributed by atoms with Crippen LogP contribution in [-0.2, 0) is 0 Å². The Morgan fingerprint density at radius 3 is 2.92 bits per heavy atom. The molecular weight excluding hydrogens is 152 g/mol. The fourth-order valence-electron chi connectivity index (χ4n) is 0.969. The maximum absolute atomic E-state index is 10.7. The first-order valence-electron chi connectivity index (χ1n) is 3.79. The molecule has 1 aromatic heterocycles. The maximum Gasteiger partial charge on any atom is 0.247 e. The van der Waals surface area contributed by atoms with Gasteiger partial charge in [-0.1, -0.05) is 12.1 Å². The molecule has 1 heterocycles. The number of hydrogen-bond donors (Lipinski definition) is 2. The zero-order chi connectivity index (χ0) is 8.97. The van der Waals surface area contributed by atoms with Gasteiger partial charge in [-0.15, -0.1) is 6.58 Å². The first kappa shape index (κ1) is 8.74. The molecule has 0 saturated carbocycles. The average molecular weight is 164 g/mol. The van der Waals surface area contributed by atoms with Gasteiger partial charge in [0.2, 0.25) is 5.56 Å². The molecule has 12 heavy (non-hydrogen) atoms. The van der Waals surface area contributed by atoms with Gasteiger partial charge in [0.05, 0.1) is 0 Å². The highest BCUT2D eigenvalue weighted by Crippen LogP contribution is 2.10. The van der Waals surface area contributed by atoms with Crippen molar-refractivity contribution in [1.82, 2.24) is 4.98 Å². The van der Waals surface area contributed by atoms with Gasteiger partial charge in [-0.3, -0.25) is 4.79 Å². The minimum atomic E-state index is -0.107. The third-order valence-corrected chi connectivity index (χ3v) is 1.66. The summed E-state index contributed by atoms with van der Waals surface area (Å²) in [7, 11) is 0. The molecule has 3 nitrogen and oxygen atoms in total. The second-order valence-electron chi connectivity index (χ2n) is 2.62. The van der Waals surface area contributed by atoms with Gasteiger partial charge in [0, 0.05) is 18.3 Å². The van der Waals surface area contributed by atoms with Crippen molar-refractivity contribution in [3.05, 3.63) is 46.9 Å². The zero-order valence-electron chi connectivity index (χ0n) is 6.79. The SMILES string of the molecule is C=CC[C@H](N)c1ccc(=O)[nH]c1. The summed E-state index contributed by atoms with van der Waals surface area (Å²) in [5, 5.41) is 0. The summed E-state index contributed by atoms with van der Waals surface area (Å²) in [6, 6.07) is 3.13. The van der Waals surface area contributed by atoms with E-state index in [-0.39, 0.29) is 11.6 Å². The average Bonchev–Trinajstić information content (AvgIpc) is 2.06. The first-order chi connectivity index (χ1) is 5.74. The standard InChI is InChI=1S/C9H12N2O/c1-2-3-8(10)7-4-5-9(12)11-6-7/h2,4-6,8H,1,3,10H2,(H,11,12)/t8-/m0/s1. The second kappa shape index (κ2) is 3.88. The van der Waals surface area contributed by atoms with Crippen LogP contribution in [0.15, 0.2) is 35.8 Å². The van der Waals surface area contributed by atoms with Gasteiger partial charge in [0.25, 0.3) is 0 Å². The minimum Gasteiger partial charge on any atom is -0.329 e. The van der Waals surface area contributed by atoms with Gasteiger partial charge in [-0.2, -0.15) is 0 Å². The summed E-state index contributed by atoms with van der Waals surface area (Å²) in [4.78, 5) is 13.3. The van der Waals surface area contributed by atoms with E-state index in [1.54, 1.807) is 18.3 Å². The smallest absolute Gasteiger partial charge is 0.247 e. The summed E-state index contributed by atoms with van der Waals surface area (Å²) >= 11 is 0. The number of aromatic nitrogens is 1. The minimum absolute atomic E-state index is 0.0700. The monoisotopic (exact) mass is 164 g/mol. The lowest BCUT2D eigenvalue weighted by molar-refractivity contribution is 0.736. The lowest BCUT2D eigenvalue weighted by Gasteiger charge is -2.07. The molecule has 0 aliphatic carbocycles. The molecule has 0 aliphatic rings. The Kier molecular flexibility index (Phi) is 2.82. The lowest BCUT2D eigenvalue weighted by atomic mass is 10.1. The number of nitrogens with one attached hydrogen (secondary N) is 1. The summed E-state index contributed by atoms with van der Waals surface area (Å²) < 4.78 is 0. The van der Waals surface area contributed by atoms with Crippen molar-refractivity contribution < 1.29 is 0 Å². The molecule has 1 aromatic rings. The molecule has 1 atom stereocenters. The van der Waals surface area contributed by atoms with Gasteiger partial charge in [0.15, 0.2) is 0 Å². The van der Waals surface area contributed by atoms with Crippen molar-refractivity contribution in [2.24, 2.45) is 5.73 Å². The molecule has 0 amide bonds. The summed E-state index contributed by atoms with van der Waals surface area (Å²) in [5.41, 5.74) is 6.58. The van der Waals surface area contributed by atoms with Crippen LogP contribution < -0.4 is 11.3 Å². The molecule has 3 heteroatoms. The number of rotatable bonds is 3. The van der Waals surface area contributed by atoms with E-state index in [1.165, 1.54) is 6.07 Å². The number of hydrogen-bond acceptors (Lipinski definition) is 2. The molecule has 0 spiro atoms. The molecule has 1 rings (SSSR count). The molecule has 64 valence electrons. The van der Waals surface area contributed by atoms with Gasteiger partial charge in [-0.25, -0.2) is 0 Å². The predicted molar refractivity (Wildman–Crippen MR) is 48.8 cm³/mol. The maximum atomic E-state index is 10.7. The number of pyridine rings is 1. The molecule has 0 aliphatic heterocycles. The van der Waals surface area contributed by atoms with Gasteiger partial charge in [0.1, 0.15) is 0 Å². The third-order valence-electron chi connectivity index (χ3n) is 1.66. The molecule has 0 fully saturated rings. The van der Waals surface area contributed by atoms with E-state index in [9.17, 15) is 4.79 Å². The zero-order valence-corrected chi connectivity index (χ0v) is 6.79. The Bertz CT molecular complexity index is 296. The largest absolute Gasteiger partial charge is 0.329 e. The van der Waals surface area contributed by atoms with E-state index >= 15 is 0 Å². The normalized spacial score (nSPS) is 12.4. The van der Waals surface area contributed by atoms with Crippen molar-refractivity contribution in [3.8, 4) is 0 Å². The molecule has 0 unspecified atom stereocenters. The molecular formula is C9H12N2O. The highest BCUT2D eigenvalue weighted by atomic mass is 16.1. The topological polar surface area (TPSA) is 58.9 Å². The van der Waals surface area contributed by atoms with Crippen LogP contribution in [0.2, 0.25) is 0 Å². The first-order valence-corrected chi connectivity index (χ1v) is 3.79. The molecule has 0 aromatic carbocycles. The van der Waals surface area contributed by atoms with Crippen LogP contribution in [0.5, 0.6) is 0 Å². The Morgan fingerprint density at radius 2 is 2.42 bits per heavy atom. The van der Waals surface area contributed by atoms with Crippen LogP contribution in [0, 0.1) is 0 Å². The van der Waals surface area contributed by atoms with E-state index in [0.29, 0.717) is 6.42 Å². The quantitative estimate of drug-likeness (QED) is 0.653. The highest BCUT2D eigenvalue weighted by molar-refractivity contribution is 5.13. The Morgan fingerprint density at radius 1 is 1.67 bits per heavy atom. The number of nitrogens with two attached hydrogens (primary N) is 1. The van der Waals surface area contributed by atoms with Crippen LogP contribution in [0.1, 0.15) is 18.0 Å². The van der Waals surface area contributed by atoms with Crippen LogP contribution in [0.25, 0.3) is 0 Å². The van der Waals surface area contributed by atoms with E-state index < -0.39 is 0 Å². The number of H-pyrrole nitrogens is 1. The van der Waals surface area contributed by atoms with Crippen molar-refractivity contribution in [2.45, 2.75) is 12.5 Å². The second-order valence-corrected chi connectivity index (χ2v) is 2.62. The van der Waals surface area contributed by atoms with Gasteiger partial charge >= 0.3 is 0 Å². The summed E-state index contributed by atoms with van der Waals surface area (Å²) in [6.07, 6.45) is 4.11. The molecule has 0 radical (unpaired) electrons. The van der Waals surface area contributed by atoms with E-state index in [2.05, 4.69) is 11.6 Å². The van der Waals surface area contributed by atoms with Gasteiger partial charge in [-0.05, 0) is 12.0 Å². The Balaban J connectivity index is 2.81. The van der Waals surface area contributed by atoms with Crippen molar-refractivity contribution in [1.29, 1.82) is 0 Å². The molecule has 3 N–H and O–H groups in total. The molecule has 0 bridgehead atoms. The fourth-order valence-corrected chi connectivity index (χ4v) is 0.969. The lowest BCUT2D eigenvalue weighted by Crippen LogP contribution is -2.12. The third kappa shape index (κ3) is 2.07. The summed E-state index contributed by atoms with van der Waals surface area (Å²) in [6.45, 7) is 3.59. The van der Waals surface area contributed by atoms with E-state index in [4.69, 9.17) is 5.73 Å². The van der Waals surface area contributed by atoms with Crippen molar-refractivity contribution >= 4 is 0 Å². The fraction of sp³-hybridized carbons (Fsp3) is 0.222. The van der Waals surface area contributed by atoms with Crippen LogP contribution in [-0.4, -0.2) is 4.98 Å². The van der Waals surface area contributed by atoms with Crippen LogP contribution in [0.4, 0.5) is 0 Å². The summed E-state index contributed by atoms with van der Waals surface area (Å²) in [5.74, 6) is 0. The van der Waals surface area contributed by atoms with Crippen LogP contribution >= 0.6 is 0 Å². The van der Waals surface area contributed by atoms with Crippen LogP contribution in [0.3, 0.4) is 0 Å². The highest BCUT2D eigenvalue weighted by Gasteiger charge is 2.02. The van der Waals surface area contributed by atoms with E-state index in [0.717, 1.165) is 5.56 Å².